The van der Waals surface area contributed by atoms with Crippen LogP contribution in [0.15, 0.2) is 18.2 Å². The molecule has 0 saturated carbocycles. The number of amides is 1. The van der Waals surface area contributed by atoms with Crippen LogP contribution in [0.1, 0.15) is 6.92 Å². The average molecular weight is 252 g/mol. The Hall–Kier alpha value is -1.82. The molecule has 1 aromatic carbocycles. The van der Waals surface area contributed by atoms with E-state index in [1.54, 1.807) is 14.0 Å². The van der Waals surface area contributed by atoms with Gasteiger partial charge in [-0.2, -0.15) is 0 Å². The van der Waals surface area contributed by atoms with E-state index in [4.69, 9.17) is 9.47 Å². The van der Waals surface area contributed by atoms with Gasteiger partial charge in [-0.15, -0.1) is 0 Å². The van der Waals surface area contributed by atoms with Crippen LogP contribution in [0, 0.1) is 0 Å². The Kier molecular flexibility index (Phi) is 3.43. The van der Waals surface area contributed by atoms with Crippen LogP contribution in [-0.2, 0) is 4.74 Å². The van der Waals surface area contributed by atoms with E-state index in [0.717, 1.165) is 16.0 Å². The number of hydrogen-bond donors (Lipinski definition) is 1. The number of rotatable bonds is 3. The highest BCUT2D eigenvalue weighted by Gasteiger charge is 2.08. The molecular weight excluding hydrogens is 240 g/mol. The van der Waals surface area contributed by atoms with Gasteiger partial charge in [-0.25, -0.2) is 9.78 Å². The van der Waals surface area contributed by atoms with E-state index >= 15 is 0 Å². The van der Waals surface area contributed by atoms with E-state index < -0.39 is 6.09 Å². The summed E-state index contributed by atoms with van der Waals surface area (Å²) in [6.45, 7) is 2.09. The summed E-state index contributed by atoms with van der Waals surface area (Å²) < 4.78 is 10.9. The summed E-state index contributed by atoms with van der Waals surface area (Å²) in [4.78, 5) is 15.5. The average Bonchev–Trinajstić information content (AvgIpc) is 2.69. The predicted molar refractivity (Wildman–Crippen MR) is 66.8 cm³/mol. The van der Waals surface area contributed by atoms with Crippen LogP contribution >= 0.6 is 11.3 Å². The Balaban J connectivity index is 2.22. The van der Waals surface area contributed by atoms with Crippen molar-refractivity contribution in [1.29, 1.82) is 0 Å². The molecule has 1 N–H and O–H groups in total. The normalized spacial score (nSPS) is 10.2. The zero-order valence-electron chi connectivity index (χ0n) is 9.52. The first-order valence-electron chi connectivity index (χ1n) is 5.11. The van der Waals surface area contributed by atoms with Crippen molar-refractivity contribution in [3.8, 4) is 5.75 Å². The number of nitrogens with one attached hydrogen (secondary N) is 1. The van der Waals surface area contributed by atoms with Crippen molar-refractivity contribution in [2.75, 3.05) is 19.0 Å². The van der Waals surface area contributed by atoms with Crippen LogP contribution in [0.3, 0.4) is 0 Å². The molecule has 2 rings (SSSR count). The Bertz CT molecular complexity index is 538. The van der Waals surface area contributed by atoms with Gasteiger partial charge in [0.15, 0.2) is 5.13 Å². The van der Waals surface area contributed by atoms with Crippen LogP contribution in [0.2, 0.25) is 0 Å². The number of ether oxygens (including phenoxy) is 2. The van der Waals surface area contributed by atoms with E-state index in [1.807, 2.05) is 18.2 Å². The molecule has 2 aromatic rings. The molecule has 0 aliphatic carbocycles. The van der Waals surface area contributed by atoms with Crippen LogP contribution in [-0.4, -0.2) is 24.8 Å². The SMILES string of the molecule is CCOC(=O)Nc1nc2cc(OC)ccc2s1. The quantitative estimate of drug-likeness (QED) is 0.912. The molecule has 0 unspecified atom stereocenters. The standard InChI is InChI=1S/C11H12N2O3S/c1-3-16-11(14)13-10-12-8-6-7(15-2)4-5-9(8)17-10/h4-6H,3H2,1-2H3,(H,12,13,14). The summed E-state index contributed by atoms with van der Waals surface area (Å²) in [6.07, 6.45) is -0.487. The monoisotopic (exact) mass is 252 g/mol. The fraction of sp³-hybridized carbons (Fsp3) is 0.273. The maximum Gasteiger partial charge on any atom is 0.413 e. The molecule has 1 heterocycles. The lowest BCUT2D eigenvalue weighted by molar-refractivity contribution is 0.168. The second-order valence-corrected chi connectivity index (χ2v) is 4.23. The number of thiazole rings is 1. The number of nitrogens with zero attached hydrogens (tertiary/aromatic N) is 1. The summed E-state index contributed by atoms with van der Waals surface area (Å²) in [6, 6.07) is 5.58. The van der Waals surface area contributed by atoms with E-state index in [1.165, 1.54) is 11.3 Å². The number of hydrogen-bond acceptors (Lipinski definition) is 5. The van der Waals surface area contributed by atoms with Gasteiger partial charge >= 0.3 is 6.09 Å². The van der Waals surface area contributed by atoms with Crippen LogP contribution in [0.25, 0.3) is 10.2 Å². The number of benzene rings is 1. The molecular formula is C11H12N2O3S. The molecule has 6 heteroatoms. The summed E-state index contributed by atoms with van der Waals surface area (Å²) >= 11 is 1.39. The van der Waals surface area contributed by atoms with E-state index in [-0.39, 0.29) is 0 Å². The van der Waals surface area contributed by atoms with Crippen LogP contribution in [0.5, 0.6) is 5.75 Å². The molecule has 0 aliphatic heterocycles. The molecule has 0 atom stereocenters. The lowest BCUT2D eigenvalue weighted by Gasteiger charge is -1.99. The van der Waals surface area contributed by atoms with Gasteiger partial charge in [0.05, 0.1) is 23.9 Å². The highest BCUT2D eigenvalue weighted by Crippen LogP contribution is 2.28. The molecule has 0 aliphatic rings. The zero-order chi connectivity index (χ0) is 12.3. The van der Waals surface area contributed by atoms with Gasteiger partial charge in [0.25, 0.3) is 0 Å². The third-order valence-corrected chi connectivity index (χ3v) is 3.03. The number of methoxy groups -OCH3 is 1. The third kappa shape index (κ3) is 2.65. The van der Waals surface area contributed by atoms with Crippen molar-refractivity contribution in [2.24, 2.45) is 0 Å². The van der Waals surface area contributed by atoms with Crippen molar-refractivity contribution < 1.29 is 14.3 Å². The Labute approximate surface area is 102 Å². The lowest BCUT2D eigenvalue weighted by Crippen LogP contribution is -2.12. The number of anilines is 1. The molecule has 0 saturated heterocycles. The van der Waals surface area contributed by atoms with E-state index in [2.05, 4.69) is 10.3 Å². The van der Waals surface area contributed by atoms with Crippen LogP contribution in [0.4, 0.5) is 9.93 Å². The van der Waals surface area contributed by atoms with Crippen molar-refractivity contribution in [3.63, 3.8) is 0 Å². The summed E-state index contributed by atoms with van der Waals surface area (Å²) in [7, 11) is 1.60. The van der Waals surface area contributed by atoms with E-state index in [0.29, 0.717) is 11.7 Å². The van der Waals surface area contributed by atoms with Crippen molar-refractivity contribution in [3.05, 3.63) is 18.2 Å². The predicted octanol–water partition coefficient (Wildman–Crippen LogP) is 2.87. The lowest BCUT2D eigenvalue weighted by atomic mass is 10.3. The van der Waals surface area contributed by atoms with Crippen LogP contribution < -0.4 is 10.1 Å². The Morgan fingerprint density at radius 2 is 2.35 bits per heavy atom. The second kappa shape index (κ2) is 5.01. The zero-order valence-corrected chi connectivity index (χ0v) is 10.3. The molecule has 5 nitrogen and oxygen atoms in total. The van der Waals surface area contributed by atoms with Gasteiger partial charge in [0, 0.05) is 6.07 Å². The van der Waals surface area contributed by atoms with Crippen molar-refractivity contribution >= 4 is 32.8 Å². The van der Waals surface area contributed by atoms with Crippen molar-refractivity contribution in [2.45, 2.75) is 6.92 Å². The molecule has 0 radical (unpaired) electrons. The number of carbonyl (C=O) groups excluding carboxylic acids is 1. The minimum Gasteiger partial charge on any atom is -0.497 e. The molecule has 1 amide bonds. The largest absolute Gasteiger partial charge is 0.497 e. The van der Waals surface area contributed by atoms with E-state index in [9.17, 15) is 4.79 Å². The van der Waals surface area contributed by atoms with Gasteiger partial charge < -0.3 is 9.47 Å². The highest BCUT2D eigenvalue weighted by atomic mass is 32.1. The number of aromatic nitrogens is 1. The molecule has 0 bridgehead atoms. The van der Waals surface area contributed by atoms with Gasteiger partial charge in [0.2, 0.25) is 0 Å². The molecule has 90 valence electrons. The first-order chi connectivity index (χ1) is 8.22. The fourth-order valence-electron chi connectivity index (χ4n) is 1.34. The third-order valence-electron chi connectivity index (χ3n) is 2.08. The van der Waals surface area contributed by atoms with Crippen molar-refractivity contribution in [1.82, 2.24) is 4.98 Å². The molecule has 17 heavy (non-hydrogen) atoms. The molecule has 1 aromatic heterocycles. The highest BCUT2D eigenvalue weighted by molar-refractivity contribution is 7.22. The van der Waals surface area contributed by atoms with Gasteiger partial charge in [0.1, 0.15) is 5.75 Å². The topological polar surface area (TPSA) is 60.5 Å². The second-order valence-electron chi connectivity index (χ2n) is 3.20. The Morgan fingerprint density at radius 1 is 1.53 bits per heavy atom. The van der Waals surface area contributed by atoms with Gasteiger partial charge in [-0.3, -0.25) is 5.32 Å². The maximum absolute atomic E-state index is 11.2. The summed E-state index contributed by atoms with van der Waals surface area (Å²) in [5, 5.41) is 3.10. The summed E-state index contributed by atoms with van der Waals surface area (Å²) in [5.74, 6) is 0.741. The molecule has 0 spiro atoms. The fourth-order valence-corrected chi connectivity index (χ4v) is 2.17. The minimum atomic E-state index is -0.487. The number of carbonyl (C=O) groups is 1. The summed E-state index contributed by atoms with van der Waals surface area (Å²) in [5.41, 5.74) is 0.793. The Morgan fingerprint density at radius 3 is 3.06 bits per heavy atom. The first-order valence-corrected chi connectivity index (χ1v) is 5.93. The minimum absolute atomic E-state index is 0.338. The number of fused-ring (bicyclic) bond motifs is 1. The maximum atomic E-state index is 11.2. The van der Waals surface area contributed by atoms with Gasteiger partial charge in [-0.1, -0.05) is 11.3 Å². The molecule has 0 fully saturated rings. The smallest absolute Gasteiger partial charge is 0.413 e. The first kappa shape index (κ1) is 11.7. The van der Waals surface area contributed by atoms with Gasteiger partial charge in [-0.05, 0) is 19.1 Å².